The second-order valence-electron chi connectivity index (χ2n) is 13.7. The maximum atomic E-state index is 4.50. The fraction of sp³-hybridized carbons (Fsp3) is 0.318. The van der Waals surface area contributed by atoms with Crippen LogP contribution in [0.1, 0.15) is 77.6 Å². The van der Waals surface area contributed by atoms with Gasteiger partial charge in [-0.05, 0) is 123 Å². The number of benzene rings is 5. The van der Waals surface area contributed by atoms with E-state index in [-0.39, 0.29) is 10.8 Å². The van der Waals surface area contributed by atoms with Gasteiger partial charge < -0.3 is 9.80 Å². The number of azo groups is 2. The molecule has 0 aliphatic rings. The fourth-order valence-electron chi connectivity index (χ4n) is 6.40. The van der Waals surface area contributed by atoms with E-state index in [9.17, 15) is 0 Å². The monoisotopic (exact) mass is 664 g/mol. The van der Waals surface area contributed by atoms with Crippen LogP contribution in [0, 0.1) is 0 Å². The van der Waals surface area contributed by atoms with Crippen LogP contribution in [-0.4, -0.2) is 26.2 Å². The Morgan fingerprint density at radius 1 is 0.340 bits per heavy atom. The lowest BCUT2D eigenvalue weighted by atomic mass is 9.74. The van der Waals surface area contributed by atoms with Gasteiger partial charge in [-0.15, -0.1) is 0 Å². The molecule has 5 aromatic rings. The summed E-state index contributed by atoms with van der Waals surface area (Å²) in [7, 11) is 0. The molecule has 0 atom stereocenters. The van der Waals surface area contributed by atoms with Crippen molar-refractivity contribution in [2.45, 2.75) is 66.2 Å². The van der Waals surface area contributed by atoms with E-state index in [2.05, 4.69) is 183 Å². The van der Waals surface area contributed by atoms with Gasteiger partial charge in [0, 0.05) is 48.4 Å². The zero-order valence-corrected chi connectivity index (χ0v) is 31.1. The molecule has 258 valence electrons. The lowest BCUT2D eigenvalue weighted by Gasteiger charge is -2.29. The van der Waals surface area contributed by atoms with Crippen molar-refractivity contribution < 1.29 is 0 Å². The first-order valence-electron chi connectivity index (χ1n) is 17.9. The average molecular weight is 665 g/mol. The smallest absolute Gasteiger partial charge is 0.0858 e. The Bertz CT molecular complexity index is 1700. The van der Waals surface area contributed by atoms with E-state index < -0.39 is 0 Å². The fourth-order valence-corrected chi connectivity index (χ4v) is 6.40. The van der Waals surface area contributed by atoms with Crippen molar-refractivity contribution in [3.63, 3.8) is 0 Å². The highest BCUT2D eigenvalue weighted by molar-refractivity contribution is 5.54. The molecule has 0 unspecified atom stereocenters. The van der Waals surface area contributed by atoms with E-state index in [4.69, 9.17) is 0 Å². The van der Waals surface area contributed by atoms with Crippen molar-refractivity contribution in [1.82, 2.24) is 0 Å². The number of nitrogens with zero attached hydrogens (tertiary/aromatic N) is 6. The van der Waals surface area contributed by atoms with E-state index in [1.54, 1.807) is 0 Å². The summed E-state index contributed by atoms with van der Waals surface area (Å²) in [6.07, 6.45) is 0. The van der Waals surface area contributed by atoms with Crippen molar-refractivity contribution in [1.29, 1.82) is 0 Å². The summed E-state index contributed by atoms with van der Waals surface area (Å²) in [5.74, 6) is 0. The predicted octanol–water partition coefficient (Wildman–Crippen LogP) is 12.9. The van der Waals surface area contributed by atoms with Gasteiger partial charge in [-0.2, -0.15) is 20.5 Å². The molecule has 0 saturated heterocycles. The normalized spacial score (nSPS) is 12.2. The average Bonchev–Trinajstić information content (AvgIpc) is 3.15. The molecular weight excluding hydrogens is 613 g/mol. The van der Waals surface area contributed by atoms with Crippen LogP contribution in [0.3, 0.4) is 0 Å². The molecule has 0 N–H and O–H groups in total. The van der Waals surface area contributed by atoms with Gasteiger partial charge in [-0.25, -0.2) is 0 Å². The second kappa shape index (κ2) is 16.1. The highest BCUT2D eigenvalue weighted by Crippen LogP contribution is 2.37. The molecule has 0 aliphatic carbocycles. The molecule has 0 heterocycles. The third-order valence-corrected chi connectivity index (χ3v) is 10.0. The Morgan fingerprint density at radius 2 is 0.540 bits per heavy atom. The van der Waals surface area contributed by atoms with Crippen LogP contribution >= 0.6 is 0 Å². The van der Waals surface area contributed by atoms with Crippen LogP contribution in [0.25, 0.3) is 0 Å². The lowest BCUT2D eigenvalue weighted by molar-refractivity contribution is 0.626. The Morgan fingerprint density at radius 3 is 0.760 bits per heavy atom. The van der Waals surface area contributed by atoms with Gasteiger partial charge in [0.1, 0.15) is 0 Å². The summed E-state index contributed by atoms with van der Waals surface area (Å²) in [6.45, 7) is 21.7. The molecule has 5 rings (SSSR count). The predicted molar refractivity (Wildman–Crippen MR) is 212 cm³/mol. The number of hydrogen-bond acceptors (Lipinski definition) is 6. The van der Waals surface area contributed by atoms with Gasteiger partial charge in [-0.3, -0.25) is 0 Å². The van der Waals surface area contributed by atoms with E-state index in [0.29, 0.717) is 0 Å². The maximum Gasteiger partial charge on any atom is 0.0858 e. The zero-order valence-electron chi connectivity index (χ0n) is 31.1. The van der Waals surface area contributed by atoms with Gasteiger partial charge in [0.2, 0.25) is 0 Å². The first-order valence-corrected chi connectivity index (χ1v) is 17.9. The van der Waals surface area contributed by atoms with E-state index in [1.165, 1.54) is 33.6 Å². The molecule has 0 radical (unpaired) electrons. The Kier molecular flexibility index (Phi) is 11.6. The first kappa shape index (κ1) is 36.2. The first-order chi connectivity index (χ1) is 24.1. The number of anilines is 2. The Hall–Kier alpha value is -5.10. The highest BCUT2D eigenvalue weighted by Gasteiger charge is 2.26. The Labute approximate surface area is 299 Å². The molecule has 0 fully saturated rings. The van der Waals surface area contributed by atoms with E-state index >= 15 is 0 Å². The van der Waals surface area contributed by atoms with Gasteiger partial charge in [0.15, 0.2) is 0 Å². The molecular formula is C44H52N6. The molecule has 0 spiro atoms. The molecule has 0 saturated carbocycles. The minimum Gasteiger partial charge on any atom is -0.372 e. The molecule has 0 bridgehead atoms. The molecule has 5 aromatic carbocycles. The molecule has 50 heavy (non-hydrogen) atoms. The standard InChI is InChI=1S/C44H52N6/c1-9-49(10-2)41-29-25-39(26-30-41)47-45-37-21-17-35(18-22-37)43(5,6)33-13-15-34(16-14-33)44(7,8)36-19-23-38(24-20-36)46-48-40-27-31-42(32-28-40)50(11-3)12-4/h13-32H,9-12H2,1-8H3/b47-45+,48-46+. The molecule has 6 heteroatoms. The van der Waals surface area contributed by atoms with Gasteiger partial charge in [-0.1, -0.05) is 76.2 Å². The number of hydrogen-bond donors (Lipinski definition) is 0. The van der Waals surface area contributed by atoms with Crippen LogP contribution < -0.4 is 9.80 Å². The maximum absolute atomic E-state index is 4.50. The van der Waals surface area contributed by atoms with Crippen molar-refractivity contribution in [3.8, 4) is 0 Å². The summed E-state index contributed by atoms with van der Waals surface area (Å²) in [6, 6.07) is 42.4. The van der Waals surface area contributed by atoms with E-state index in [1.807, 2.05) is 24.3 Å². The highest BCUT2D eigenvalue weighted by atomic mass is 15.1. The van der Waals surface area contributed by atoms with Crippen LogP contribution in [-0.2, 0) is 10.8 Å². The van der Waals surface area contributed by atoms with Gasteiger partial charge in [0.25, 0.3) is 0 Å². The molecule has 0 amide bonds. The summed E-state index contributed by atoms with van der Waals surface area (Å²) in [4.78, 5) is 4.64. The third kappa shape index (κ3) is 8.36. The van der Waals surface area contributed by atoms with Crippen LogP contribution in [0.2, 0.25) is 0 Å². The minimum absolute atomic E-state index is 0.170. The van der Waals surface area contributed by atoms with Crippen molar-refractivity contribution in [2.24, 2.45) is 20.5 Å². The largest absolute Gasteiger partial charge is 0.372 e. The van der Waals surface area contributed by atoms with Crippen LogP contribution in [0.5, 0.6) is 0 Å². The summed E-state index contributed by atoms with van der Waals surface area (Å²) >= 11 is 0. The summed E-state index contributed by atoms with van der Waals surface area (Å²) < 4.78 is 0. The second-order valence-corrected chi connectivity index (χ2v) is 13.7. The Balaban J connectivity index is 1.22. The van der Waals surface area contributed by atoms with Gasteiger partial charge in [0.05, 0.1) is 22.7 Å². The van der Waals surface area contributed by atoms with Crippen LogP contribution in [0.4, 0.5) is 34.1 Å². The molecule has 6 nitrogen and oxygen atoms in total. The summed E-state index contributed by atoms with van der Waals surface area (Å²) in [5, 5.41) is 17.9. The topological polar surface area (TPSA) is 55.9 Å². The molecule has 0 aromatic heterocycles. The number of rotatable bonds is 14. The van der Waals surface area contributed by atoms with Crippen molar-refractivity contribution >= 4 is 34.1 Å². The third-order valence-electron chi connectivity index (χ3n) is 10.0. The summed E-state index contributed by atoms with van der Waals surface area (Å²) in [5.41, 5.74) is 10.4. The van der Waals surface area contributed by atoms with Crippen molar-refractivity contribution in [3.05, 3.63) is 144 Å². The van der Waals surface area contributed by atoms with Crippen LogP contribution in [0.15, 0.2) is 142 Å². The van der Waals surface area contributed by atoms with Crippen molar-refractivity contribution in [2.75, 3.05) is 36.0 Å². The molecule has 0 aliphatic heterocycles. The quantitative estimate of drug-likeness (QED) is 0.111. The van der Waals surface area contributed by atoms with Gasteiger partial charge >= 0.3 is 0 Å². The zero-order chi connectivity index (χ0) is 35.7. The SMILES string of the molecule is CCN(CC)c1ccc(/N=N/c2ccc(C(C)(C)c3ccc(C(C)(C)c4ccc(/N=N/c5ccc(N(CC)CC)cc5)cc4)cc3)cc2)cc1. The lowest BCUT2D eigenvalue weighted by Crippen LogP contribution is -2.21. The minimum atomic E-state index is -0.170. The van der Waals surface area contributed by atoms with E-state index in [0.717, 1.165) is 48.9 Å².